The summed E-state index contributed by atoms with van der Waals surface area (Å²) in [6, 6.07) is 12.5. The van der Waals surface area contributed by atoms with Crippen LogP contribution >= 0.6 is 0 Å². The second-order valence-electron chi connectivity index (χ2n) is 6.41. The van der Waals surface area contributed by atoms with Crippen molar-refractivity contribution in [1.82, 2.24) is 5.32 Å². The predicted molar refractivity (Wildman–Crippen MR) is 104 cm³/mol. The molecule has 0 saturated carbocycles. The van der Waals surface area contributed by atoms with E-state index in [9.17, 15) is 14.4 Å². The topological polar surface area (TPSA) is 90.9 Å². The number of carbonyl (C=O) groups excluding carboxylic acids is 3. The van der Waals surface area contributed by atoms with Crippen LogP contribution in [0.4, 0.5) is 0 Å². The van der Waals surface area contributed by atoms with Crippen LogP contribution in [0.15, 0.2) is 42.5 Å². The number of hydrogen-bond acceptors (Lipinski definition) is 6. The molecule has 0 aliphatic heterocycles. The number of hydrogen-bond donors (Lipinski definition) is 1. The Morgan fingerprint density at radius 2 is 1.75 bits per heavy atom. The van der Waals surface area contributed by atoms with Crippen LogP contribution in [0.2, 0.25) is 0 Å². The molecule has 0 aromatic heterocycles. The molecule has 0 unspecified atom stereocenters. The van der Waals surface area contributed by atoms with Crippen LogP contribution in [-0.2, 0) is 23.9 Å². The molecule has 150 valence electrons. The van der Waals surface area contributed by atoms with Crippen molar-refractivity contribution in [2.24, 2.45) is 5.92 Å². The highest BCUT2D eigenvalue weighted by Crippen LogP contribution is 2.20. The molecule has 0 aliphatic rings. The Hall–Kier alpha value is -3.09. The van der Waals surface area contributed by atoms with Crippen LogP contribution in [0.25, 0.3) is 10.8 Å². The highest BCUT2D eigenvalue weighted by Gasteiger charge is 2.26. The van der Waals surface area contributed by atoms with Crippen molar-refractivity contribution in [1.29, 1.82) is 0 Å². The van der Waals surface area contributed by atoms with E-state index in [0.717, 1.165) is 10.8 Å². The highest BCUT2D eigenvalue weighted by molar-refractivity contribution is 5.86. The van der Waals surface area contributed by atoms with Gasteiger partial charge in [-0.05, 0) is 28.8 Å². The number of amides is 1. The maximum Gasteiger partial charge on any atom is 0.344 e. The summed E-state index contributed by atoms with van der Waals surface area (Å²) in [6.07, 6.45) is 0.680. The number of methoxy groups -OCH3 is 1. The summed E-state index contributed by atoms with van der Waals surface area (Å²) < 4.78 is 15.0. The zero-order valence-electron chi connectivity index (χ0n) is 16.3. The molecule has 0 spiro atoms. The average molecular weight is 387 g/mol. The number of fused-ring (bicyclic) bond motifs is 1. The zero-order chi connectivity index (χ0) is 20.5. The van der Waals surface area contributed by atoms with E-state index in [4.69, 9.17) is 14.2 Å². The van der Waals surface area contributed by atoms with Crippen LogP contribution in [-0.4, -0.2) is 44.2 Å². The molecule has 7 nitrogen and oxygen atoms in total. The molecule has 0 bridgehead atoms. The Morgan fingerprint density at radius 1 is 1.04 bits per heavy atom. The number of carbonyl (C=O) groups is 3. The van der Waals surface area contributed by atoms with E-state index in [2.05, 4.69) is 5.32 Å². The monoisotopic (exact) mass is 387 g/mol. The number of ether oxygens (including phenoxy) is 3. The Labute approximate surface area is 164 Å². The third-order valence-electron chi connectivity index (χ3n) is 4.43. The lowest BCUT2D eigenvalue weighted by Crippen LogP contribution is -2.47. The third-order valence-corrected chi connectivity index (χ3v) is 4.43. The van der Waals surface area contributed by atoms with Gasteiger partial charge in [0, 0.05) is 0 Å². The van der Waals surface area contributed by atoms with E-state index in [-0.39, 0.29) is 12.5 Å². The van der Waals surface area contributed by atoms with E-state index in [1.165, 1.54) is 7.11 Å². The van der Waals surface area contributed by atoms with E-state index in [1.54, 1.807) is 6.07 Å². The Bertz CT molecular complexity index is 835. The fourth-order valence-corrected chi connectivity index (χ4v) is 2.60. The SMILES string of the molecule is CC[C@@H](C)[C@H](NC(=O)COC(=O)COc1ccc2ccccc2c1)C(=O)OC. The second-order valence-corrected chi connectivity index (χ2v) is 6.41. The quantitative estimate of drug-likeness (QED) is 0.665. The van der Waals surface area contributed by atoms with Crippen molar-refractivity contribution >= 4 is 28.6 Å². The smallest absolute Gasteiger partial charge is 0.344 e. The summed E-state index contributed by atoms with van der Waals surface area (Å²) in [6.45, 7) is 2.91. The first kappa shape index (κ1) is 21.2. The molecule has 2 rings (SSSR count). The predicted octanol–water partition coefficient (Wildman–Crippen LogP) is 2.47. The van der Waals surface area contributed by atoms with Gasteiger partial charge in [0.15, 0.2) is 13.2 Å². The van der Waals surface area contributed by atoms with Crippen molar-refractivity contribution < 1.29 is 28.6 Å². The van der Waals surface area contributed by atoms with Gasteiger partial charge in [-0.1, -0.05) is 50.6 Å². The summed E-state index contributed by atoms with van der Waals surface area (Å²) in [5.41, 5.74) is 0. The zero-order valence-corrected chi connectivity index (χ0v) is 16.3. The molecule has 28 heavy (non-hydrogen) atoms. The van der Waals surface area contributed by atoms with Crippen molar-refractivity contribution in [2.75, 3.05) is 20.3 Å². The first-order chi connectivity index (χ1) is 13.4. The van der Waals surface area contributed by atoms with Crippen molar-refractivity contribution in [3.63, 3.8) is 0 Å². The minimum Gasteiger partial charge on any atom is -0.482 e. The van der Waals surface area contributed by atoms with Crippen LogP contribution in [0, 0.1) is 5.92 Å². The van der Waals surface area contributed by atoms with Gasteiger partial charge >= 0.3 is 11.9 Å². The molecule has 0 aliphatic carbocycles. The molecular weight excluding hydrogens is 362 g/mol. The molecule has 1 N–H and O–H groups in total. The standard InChI is InChI=1S/C21H25NO6/c1-4-14(2)20(21(25)26-3)22-18(23)12-28-19(24)13-27-17-10-9-15-7-5-6-8-16(15)11-17/h5-11,14,20H,4,12-13H2,1-3H3,(H,22,23)/t14-,20+/m1/s1. The minimum absolute atomic E-state index is 0.108. The Kier molecular flexibility index (Phi) is 7.80. The van der Waals surface area contributed by atoms with Gasteiger partial charge in [-0.25, -0.2) is 9.59 Å². The average Bonchev–Trinajstić information content (AvgIpc) is 2.73. The molecule has 0 heterocycles. The van der Waals surface area contributed by atoms with Gasteiger partial charge in [0.2, 0.25) is 0 Å². The van der Waals surface area contributed by atoms with Gasteiger partial charge < -0.3 is 19.5 Å². The number of benzene rings is 2. The van der Waals surface area contributed by atoms with Gasteiger partial charge in [-0.3, -0.25) is 4.79 Å². The maximum atomic E-state index is 12.0. The van der Waals surface area contributed by atoms with Crippen LogP contribution in [0.1, 0.15) is 20.3 Å². The van der Waals surface area contributed by atoms with Gasteiger partial charge in [-0.2, -0.15) is 0 Å². The van der Waals surface area contributed by atoms with Crippen LogP contribution < -0.4 is 10.1 Å². The number of rotatable bonds is 9. The highest BCUT2D eigenvalue weighted by atomic mass is 16.6. The third kappa shape index (κ3) is 5.97. The van der Waals surface area contributed by atoms with Gasteiger partial charge in [0.05, 0.1) is 7.11 Å². The molecule has 0 saturated heterocycles. The molecule has 0 radical (unpaired) electrons. The molecule has 1 amide bonds. The lowest BCUT2D eigenvalue weighted by Gasteiger charge is -2.21. The molecule has 2 aromatic rings. The van der Waals surface area contributed by atoms with Crippen molar-refractivity contribution in [3.8, 4) is 5.75 Å². The van der Waals surface area contributed by atoms with Crippen molar-refractivity contribution in [2.45, 2.75) is 26.3 Å². The Morgan fingerprint density at radius 3 is 2.43 bits per heavy atom. The molecule has 0 fully saturated rings. The normalized spacial score (nSPS) is 12.7. The molecular formula is C21H25NO6. The lowest BCUT2D eigenvalue weighted by atomic mass is 9.99. The summed E-state index contributed by atoms with van der Waals surface area (Å²) in [7, 11) is 1.26. The summed E-state index contributed by atoms with van der Waals surface area (Å²) in [5.74, 6) is -1.36. The van der Waals surface area contributed by atoms with Gasteiger partial charge in [-0.15, -0.1) is 0 Å². The molecule has 2 aromatic carbocycles. The molecule has 2 atom stereocenters. The van der Waals surface area contributed by atoms with Gasteiger partial charge in [0.25, 0.3) is 5.91 Å². The second kappa shape index (κ2) is 10.3. The summed E-state index contributed by atoms with van der Waals surface area (Å²) in [4.78, 5) is 35.6. The fraction of sp³-hybridized carbons (Fsp3) is 0.381. The van der Waals surface area contributed by atoms with E-state index in [0.29, 0.717) is 12.2 Å². The fourth-order valence-electron chi connectivity index (χ4n) is 2.60. The van der Waals surface area contributed by atoms with Crippen molar-refractivity contribution in [3.05, 3.63) is 42.5 Å². The van der Waals surface area contributed by atoms with Crippen LogP contribution in [0.3, 0.4) is 0 Å². The lowest BCUT2D eigenvalue weighted by molar-refractivity contribution is -0.152. The van der Waals surface area contributed by atoms with Gasteiger partial charge in [0.1, 0.15) is 11.8 Å². The minimum atomic E-state index is -0.782. The first-order valence-corrected chi connectivity index (χ1v) is 9.09. The largest absolute Gasteiger partial charge is 0.482 e. The first-order valence-electron chi connectivity index (χ1n) is 9.09. The Balaban J connectivity index is 1.80. The summed E-state index contributed by atoms with van der Waals surface area (Å²) in [5, 5.41) is 4.59. The van der Waals surface area contributed by atoms with E-state index >= 15 is 0 Å². The van der Waals surface area contributed by atoms with Crippen LogP contribution in [0.5, 0.6) is 5.75 Å². The molecule has 7 heteroatoms. The van der Waals surface area contributed by atoms with E-state index < -0.39 is 30.5 Å². The number of esters is 2. The maximum absolute atomic E-state index is 12.0. The van der Waals surface area contributed by atoms with E-state index in [1.807, 2.05) is 50.2 Å². The number of nitrogens with one attached hydrogen (secondary N) is 1. The summed E-state index contributed by atoms with van der Waals surface area (Å²) >= 11 is 0.